The smallest absolute Gasteiger partial charge is 0.335 e. The highest BCUT2D eigenvalue weighted by Gasteiger charge is 2.13. The highest BCUT2D eigenvalue weighted by molar-refractivity contribution is 5.95. The molecule has 92 valence electrons. The Kier molecular flexibility index (Phi) is 3.89. The van der Waals surface area contributed by atoms with Crippen molar-refractivity contribution in [2.45, 2.75) is 20.8 Å². The molecule has 0 aliphatic rings. The highest BCUT2D eigenvalue weighted by atomic mass is 16.4. The molecule has 0 aliphatic carbocycles. The van der Waals surface area contributed by atoms with Crippen LogP contribution in [0.25, 0.3) is 0 Å². The van der Waals surface area contributed by atoms with Gasteiger partial charge >= 0.3 is 5.97 Å². The van der Waals surface area contributed by atoms with Gasteiger partial charge in [0.25, 0.3) is 5.91 Å². The molecule has 0 unspecified atom stereocenters. The maximum atomic E-state index is 11.7. The van der Waals surface area contributed by atoms with Crippen LogP contribution in [0.4, 0.5) is 0 Å². The van der Waals surface area contributed by atoms with E-state index in [1.807, 2.05) is 20.8 Å². The summed E-state index contributed by atoms with van der Waals surface area (Å²) in [6.07, 6.45) is 0. The number of carbonyl (C=O) groups is 2. The first-order valence-electron chi connectivity index (χ1n) is 5.41. The minimum Gasteiger partial charge on any atom is -0.478 e. The fourth-order valence-electron chi connectivity index (χ4n) is 1.21. The Hall–Kier alpha value is -1.84. The second-order valence-corrected chi connectivity index (χ2v) is 5.13. The van der Waals surface area contributed by atoms with Crippen LogP contribution in [0, 0.1) is 5.41 Å². The third-order valence-corrected chi connectivity index (χ3v) is 2.17. The summed E-state index contributed by atoms with van der Waals surface area (Å²) in [5.41, 5.74) is 0.674. The molecule has 0 aliphatic heterocycles. The number of carboxylic acid groups (broad SMARTS) is 1. The zero-order valence-corrected chi connectivity index (χ0v) is 10.3. The predicted molar refractivity (Wildman–Crippen MR) is 65.2 cm³/mol. The zero-order valence-electron chi connectivity index (χ0n) is 10.3. The first-order valence-corrected chi connectivity index (χ1v) is 5.41. The van der Waals surface area contributed by atoms with E-state index in [9.17, 15) is 9.59 Å². The molecule has 0 fully saturated rings. The van der Waals surface area contributed by atoms with Gasteiger partial charge in [0, 0.05) is 12.1 Å². The Morgan fingerprint density at radius 3 is 2.00 bits per heavy atom. The molecule has 1 aromatic rings. The lowest BCUT2D eigenvalue weighted by Crippen LogP contribution is -2.32. The summed E-state index contributed by atoms with van der Waals surface area (Å²) >= 11 is 0. The lowest BCUT2D eigenvalue weighted by atomic mass is 9.97. The van der Waals surface area contributed by atoms with Crippen LogP contribution in [0.3, 0.4) is 0 Å². The van der Waals surface area contributed by atoms with Crippen LogP contribution < -0.4 is 5.32 Å². The van der Waals surface area contributed by atoms with Crippen LogP contribution in [-0.4, -0.2) is 23.5 Å². The Bertz CT molecular complexity index is 415. The molecule has 1 amide bonds. The van der Waals surface area contributed by atoms with Crippen LogP contribution in [0.2, 0.25) is 0 Å². The van der Waals surface area contributed by atoms with Gasteiger partial charge in [-0.2, -0.15) is 0 Å². The molecule has 0 atom stereocenters. The summed E-state index contributed by atoms with van der Waals surface area (Å²) in [5.74, 6) is -1.18. The second kappa shape index (κ2) is 4.99. The van der Waals surface area contributed by atoms with Crippen LogP contribution in [0.5, 0.6) is 0 Å². The summed E-state index contributed by atoms with van der Waals surface area (Å²) < 4.78 is 0. The average molecular weight is 235 g/mol. The van der Waals surface area contributed by atoms with Gasteiger partial charge in [0.2, 0.25) is 0 Å². The molecule has 1 aromatic carbocycles. The molecular weight excluding hydrogens is 218 g/mol. The monoisotopic (exact) mass is 235 g/mol. The van der Waals surface area contributed by atoms with E-state index in [1.165, 1.54) is 24.3 Å². The Morgan fingerprint density at radius 2 is 1.59 bits per heavy atom. The van der Waals surface area contributed by atoms with E-state index in [0.717, 1.165) is 0 Å². The third kappa shape index (κ3) is 4.26. The normalized spacial score (nSPS) is 11.0. The van der Waals surface area contributed by atoms with Crippen LogP contribution in [0.1, 0.15) is 41.5 Å². The minimum absolute atomic E-state index is 0.0245. The van der Waals surface area contributed by atoms with Gasteiger partial charge in [0.05, 0.1) is 5.56 Å². The molecule has 0 saturated heterocycles. The van der Waals surface area contributed by atoms with Crippen LogP contribution >= 0.6 is 0 Å². The van der Waals surface area contributed by atoms with E-state index >= 15 is 0 Å². The van der Waals surface area contributed by atoms with E-state index in [-0.39, 0.29) is 16.9 Å². The number of carboxylic acids is 1. The molecular formula is C13H17NO3. The van der Waals surface area contributed by atoms with Crippen molar-refractivity contribution in [3.63, 3.8) is 0 Å². The van der Waals surface area contributed by atoms with Crippen molar-refractivity contribution in [3.05, 3.63) is 35.4 Å². The molecule has 0 heterocycles. The summed E-state index contributed by atoms with van der Waals surface area (Å²) in [5, 5.41) is 11.5. The van der Waals surface area contributed by atoms with Crippen molar-refractivity contribution in [1.82, 2.24) is 5.32 Å². The van der Waals surface area contributed by atoms with E-state index in [1.54, 1.807) is 0 Å². The fraction of sp³-hybridized carbons (Fsp3) is 0.385. The number of rotatable bonds is 3. The van der Waals surface area contributed by atoms with Gasteiger partial charge in [0.1, 0.15) is 0 Å². The van der Waals surface area contributed by atoms with Gasteiger partial charge in [-0.05, 0) is 29.7 Å². The van der Waals surface area contributed by atoms with E-state index < -0.39 is 5.97 Å². The molecule has 17 heavy (non-hydrogen) atoms. The zero-order chi connectivity index (χ0) is 13.1. The van der Waals surface area contributed by atoms with Gasteiger partial charge in [-0.3, -0.25) is 4.79 Å². The lowest BCUT2D eigenvalue weighted by molar-refractivity contribution is 0.0696. The number of hydrogen-bond donors (Lipinski definition) is 2. The minimum atomic E-state index is -0.994. The van der Waals surface area contributed by atoms with Gasteiger partial charge in [0.15, 0.2) is 0 Å². The predicted octanol–water partition coefficient (Wildman–Crippen LogP) is 2.16. The summed E-state index contributed by atoms with van der Waals surface area (Å²) in [6, 6.07) is 5.88. The number of benzene rings is 1. The number of carbonyl (C=O) groups excluding carboxylic acids is 1. The average Bonchev–Trinajstić information content (AvgIpc) is 2.25. The molecule has 2 N–H and O–H groups in total. The van der Waals surface area contributed by atoms with E-state index in [0.29, 0.717) is 12.1 Å². The van der Waals surface area contributed by atoms with Gasteiger partial charge < -0.3 is 10.4 Å². The molecule has 0 saturated carbocycles. The summed E-state index contributed by atoms with van der Waals surface area (Å²) in [7, 11) is 0. The van der Waals surface area contributed by atoms with Crippen molar-refractivity contribution >= 4 is 11.9 Å². The van der Waals surface area contributed by atoms with Gasteiger partial charge in [-0.25, -0.2) is 4.79 Å². The molecule has 0 spiro atoms. The summed E-state index contributed by atoms with van der Waals surface area (Å²) in [4.78, 5) is 22.4. The number of amides is 1. The largest absolute Gasteiger partial charge is 0.478 e. The maximum Gasteiger partial charge on any atom is 0.335 e. The number of hydrogen-bond acceptors (Lipinski definition) is 2. The van der Waals surface area contributed by atoms with E-state index in [2.05, 4.69) is 5.32 Å². The topological polar surface area (TPSA) is 66.4 Å². The summed E-state index contributed by atoms with van der Waals surface area (Å²) in [6.45, 7) is 6.66. The van der Waals surface area contributed by atoms with Crippen molar-refractivity contribution < 1.29 is 14.7 Å². The van der Waals surface area contributed by atoms with E-state index in [4.69, 9.17) is 5.11 Å². The van der Waals surface area contributed by atoms with Crippen molar-refractivity contribution in [2.24, 2.45) is 5.41 Å². The molecule has 4 heteroatoms. The second-order valence-electron chi connectivity index (χ2n) is 5.13. The molecule has 4 nitrogen and oxygen atoms in total. The third-order valence-electron chi connectivity index (χ3n) is 2.17. The Balaban J connectivity index is 2.67. The first kappa shape index (κ1) is 13.2. The highest BCUT2D eigenvalue weighted by Crippen LogP contribution is 2.11. The first-order chi connectivity index (χ1) is 7.79. The molecule has 1 rings (SSSR count). The van der Waals surface area contributed by atoms with Crippen LogP contribution in [-0.2, 0) is 0 Å². The van der Waals surface area contributed by atoms with Crippen molar-refractivity contribution in [1.29, 1.82) is 0 Å². The quantitative estimate of drug-likeness (QED) is 0.843. The molecule has 0 radical (unpaired) electrons. The number of nitrogens with one attached hydrogen (secondary N) is 1. The standard InChI is InChI=1S/C13H17NO3/c1-13(2,3)8-14-11(15)9-4-6-10(7-5-9)12(16)17/h4-7H,8H2,1-3H3,(H,14,15)(H,16,17). The Labute approximate surface area is 101 Å². The fourth-order valence-corrected chi connectivity index (χ4v) is 1.21. The van der Waals surface area contributed by atoms with Gasteiger partial charge in [-0.1, -0.05) is 20.8 Å². The lowest BCUT2D eigenvalue weighted by Gasteiger charge is -2.18. The number of aromatic carboxylic acids is 1. The Morgan fingerprint density at radius 1 is 1.12 bits per heavy atom. The van der Waals surface area contributed by atoms with Crippen molar-refractivity contribution in [2.75, 3.05) is 6.54 Å². The maximum absolute atomic E-state index is 11.7. The molecule has 0 aromatic heterocycles. The van der Waals surface area contributed by atoms with Crippen molar-refractivity contribution in [3.8, 4) is 0 Å². The van der Waals surface area contributed by atoms with Crippen LogP contribution in [0.15, 0.2) is 24.3 Å². The molecule has 0 bridgehead atoms. The van der Waals surface area contributed by atoms with Gasteiger partial charge in [-0.15, -0.1) is 0 Å². The SMILES string of the molecule is CC(C)(C)CNC(=O)c1ccc(C(=O)O)cc1.